The van der Waals surface area contributed by atoms with Gasteiger partial charge in [0.25, 0.3) is 0 Å². The Labute approximate surface area is 124 Å². The predicted molar refractivity (Wildman–Crippen MR) is 82.0 cm³/mol. The lowest BCUT2D eigenvalue weighted by molar-refractivity contribution is 0.256. The van der Waals surface area contributed by atoms with Gasteiger partial charge in [-0.05, 0) is 11.5 Å². The molecule has 2 aromatic rings. The van der Waals surface area contributed by atoms with E-state index in [-0.39, 0.29) is 23.4 Å². The lowest BCUT2D eigenvalue weighted by Crippen LogP contribution is -2.11. The fourth-order valence-corrected chi connectivity index (χ4v) is 1.64. The lowest BCUT2D eigenvalue weighted by atomic mass is 10.2. The van der Waals surface area contributed by atoms with Crippen molar-refractivity contribution in [3.05, 3.63) is 35.9 Å². The van der Waals surface area contributed by atoms with E-state index in [0.29, 0.717) is 19.1 Å². The van der Waals surface area contributed by atoms with E-state index < -0.39 is 0 Å². The highest BCUT2D eigenvalue weighted by atomic mass is 16.5. The molecule has 2 rings (SSSR count). The minimum absolute atomic E-state index is 0.0750. The Balaban J connectivity index is 2.11. The van der Waals surface area contributed by atoms with Gasteiger partial charge in [-0.25, -0.2) is 0 Å². The first kappa shape index (κ1) is 14.9. The molecule has 0 unspecified atom stereocenters. The number of hydrogen-bond acceptors (Lipinski definition) is 6. The molecule has 21 heavy (non-hydrogen) atoms. The van der Waals surface area contributed by atoms with Crippen molar-refractivity contribution in [2.75, 3.05) is 18.1 Å². The number of ether oxygens (including phenoxy) is 2. The van der Waals surface area contributed by atoms with Gasteiger partial charge < -0.3 is 20.9 Å². The molecule has 0 saturated carbocycles. The van der Waals surface area contributed by atoms with Gasteiger partial charge in [0.2, 0.25) is 17.7 Å². The number of nitrogens with zero attached hydrogens (tertiary/aromatic N) is 2. The topological polar surface area (TPSA) is 96.3 Å². The summed E-state index contributed by atoms with van der Waals surface area (Å²) in [5.41, 5.74) is 12.9. The van der Waals surface area contributed by atoms with Crippen LogP contribution in [0, 0.1) is 5.92 Å². The zero-order valence-corrected chi connectivity index (χ0v) is 12.2. The van der Waals surface area contributed by atoms with Crippen LogP contribution in [0.2, 0.25) is 0 Å². The molecule has 0 saturated heterocycles. The Morgan fingerprint density at radius 1 is 1.00 bits per heavy atom. The Morgan fingerprint density at radius 3 is 2.24 bits per heavy atom. The van der Waals surface area contributed by atoms with Crippen LogP contribution in [-0.4, -0.2) is 16.6 Å². The average Bonchev–Trinajstić information content (AvgIpc) is 2.47. The van der Waals surface area contributed by atoms with E-state index in [1.807, 2.05) is 44.2 Å². The molecule has 0 amide bonds. The summed E-state index contributed by atoms with van der Waals surface area (Å²) < 4.78 is 11.2. The maximum Gasteiger partial charge on any atom is 0.246 e. The molecule has 1 aromatic heterocycles. The lowest BCUT2D eigenvalue weighted by Gasteiger charge is -2.13. The summed E-state index contributed by atoms with van der Waals surface area (Å²) in [6.07, 6.45) is 0. The van der Waals surface area contributed by atoms with Crippen molar-refractivity contribution in [2.45, 2.75) is 20.5 Å². The summed E-state index contributed by atoms with van der Waals surface area (Å²) >= 11 is 0. The van der Waals surface area contributed by atoms with E-state index in [1.54, 1.807) is 0 Å². The van der Waals surface area contributed by atoms with Crippen molar-refractivity contribution in [2.24, 2.45) is 5.92 Å². The minimum atomic E-state index is 0.0750. The Kier molecular flexibility index (Phi) is 4.81. The molecule has 0 fully saturated rings. The van der Waals surface area contributed by atoms with Crippen molar-refractivity contribution in [3.63, 3.8) is 0 Å². The number of benzene rings is 1. The first-order valence-corrected chi connectivity index (χ1v) is 6.78. The van der Waals surface area contributed by atoms with Crippen molar-refractivity contribution in [1.82, 2.24) is 9.97 Å². The molecule has 0 aliphatic rings. The maximum atomic E-state index is 5.97. The molecule has 4 N–H and O–H groups in total. The summed E-state index contributed by atoms with van der Waals surface area (Å²) in [5, 5.41) is 0. The number of nitrogens with two attached hydrogens (primary N) is 2. The van der Waals surface area contributed by atoms with Gasteiger partial charge in [-0.15, -0.1) is 0 Å². The van der Waals surface area contributed by atoms with Crippen molar-refractivity contribution in [3.8, 4) is 11.8 Å². The summed E-state index contributed by atoms with van der Waals surface area (Å²) in [6.45, 7) is 4.92. The number of nitrogen functional groups attached to an aromatic ring is 2. The number of hydrogen-bond donors (Lipinski definition) is 2. The molecule has 6 heteroatoms. The second-order valence-corrected chi connectivity index (χ2v) is 5.08. The van der Waals surface area contributed by atoms with Crippen LogP contribution in [0.25, 0.3) is 0 Å². The second-order valence-electron chi connectivity index (χ2n) is 5.08. The molecular formula is C15H20N4O2. The summed E-state index contributed by atoms with van der Waals surface area (Å²) in [7, 11) is 0. The van der Waals surface area contributed by atoms with E-state index >= 15 is 0 Å². The molecule has 0 aliphatic carbocycles. The van der Waals surface area contributed by atoms with Gasteiger partial charge in [-0.1, -0.05) is 44.2 Å². The van der Waals surface area contributed by atoms with Gasteiger partial charge in [0.15, 0.2) is 5.69 Å². The van der Waals surface area contributed by atoms with Gasteiger partial charge in [-0.2, -0.15) is 9.97 Å². The summed E-state index contributed by atoms with van der Waals surface area (Å²) in [4.78, 5) is 8.01. The Bertz CT molecular complexity index is 588. The molecular weight excluding hydrogens is 268 g/mol. The minimum Gasteiger partial charge on any atom is -0.476 e. The van der Waals surface area contributed by atoms with Gasteiger partial charge in [-0.3, -0.25) is 0 Å². The van der Waals surface area contributed by atoms with Crippen LogP contribution in [0.1, 0.15) is 19.4 Å². The van der Waals surface area contributed by atoms with E-state index in [1.165, 1.54) is 0 Å². The van der Waals surface area contributed by atoms with Crippen LogP contribution in [0.5, 0.6) is 11.8 Å². The third kappa shape index (κ3) is 4.24. The Hall–Kier alpha value is -2.50. The normalized spacial score (nSPS) is 10.6. The van der Waals surface area contributed by atoms with Crippen LogP contribution in [-0.2, 0) is 6.61 Å². The van der Waals surface area contributed by atoms with E-state index in [0.717, 1.165) is 5.56 Å². The van der Waals surface area contributed by atoms with Crippen molar-refractivity contribution >= 4 is 11.6 Å². The van der Waals surface area contributed by atoms with Crippen molar-refractivity contribution < 1.29 is 9.47 Å². The van der Waals surface area contributed by atoms with Crippen molar-refractivity contribution in [1.29, 1.82) is 0 Å². The largest absolute Gasteiger partial charge is 0.476 e. The first-order valence-electron chi connectivity index (χ1n) is 6.78. The third-order valence-electron chi connectivity index (χ3n) is 2.66. The first-order chi connectivity index (χ1) is 10.1. The summed E-state index contributed by atoms with van der Waals surface area (Å²) in [6, 6.07) is 9.73. The van der Waals surface area contributed by atoms with E-state index in [9.17, 15) is 0 Å². The molecule has 1 heterocycles. The van der Waals surface area contributed by atoms with Gasteiger partial charge >= 0.3 is 0 Å². The molecule has 0 radical (unpaired) electrons. The quantitative estimate of drug-likeness (QED) is 0.846. The van der Waals surface area contributed by atoms with E-state index in [2.05, 4.69) is 9.97 Å². The highest BCUT2D eigenvalue weighted by Crippen LogP contribution is 2.29. The molecule has 0 spiro atoms. The smallest absolute Gasteiger partial charge is 0.246 e. The summed E-state index contributed by atoms with van der Waals surface area (Å²) in [5.74, 6) is 0.935. The molecule has 6 nitrogen and oxygen atoms in total. The molecule has 0 aliphatic heterocycles. The van der Waals surface area contributed by atoms with Gasteiger partial charge in [0.05, 0.1) is 6.61 Å². The predicted octanol–water partition coefficient (Wildman–Crippen LogP) is 2.25. The zero-order chi connectivity index (χ0) is 15.2. The molecule has 112 valence electrons. The van der Waals surface area contributed by atoms with Crippen LogP contribution in [0.3, 0.4) is 0 Å². The second kappa shape index (κ2) is 6.78. The fourth-order valence-electron chi connectivity index (χ4n) is 1.64. The standard InChI is InChI=1S/C15H20N4O2/c1-10(2)8-20-13-12(16)14(19-15(17)18-13)21-9-11-6-4-3-5-7-11/h3-7,10H,8-9,16H2,1-2H3,(H2,17,18,19). The maximum absolute atomic E-state index is 5.97. The highest BCUT2D eigenvalue weighted by molar-refractivity contribution is 5.58. The number of rotatable bonds is 6. The average molecular weight is 288 g/mol. The van der Waals surface area contributed by atoms with Crippen LogP contribution >= 0.6 is 0 Å². The third-order valence-corrected chi connectivity index (χ3v) is 2.66. The molecule has 0 atom stereocenters. The Morgan fingerprint density at radius 2 is 1.62 bits per heavy atom. The zero-order valence-electron chi connectivity index (χ0n) is 12.2. The molecule has 1 aromatic carbocycles. The fraction of sp³-hybridized carbons (Fsp3) is 0.333. The van der Waals surface area contributed by atoms with E-state index in [4.69, 9.17) is 20.9 Å². The number of aromatic nitrogens is 2. The van der Waals surface area contributed by atoms with Crippen LogP contribution in [0.4, 0.5) is 11.6 Å². The number of anilines is 2. The highest BCUT2D eigenvalue weighted by Gasteiger charge is 2.14. The monoisotopic (exact) mass is 288 g/mol. The van der Waals surface area contributed by atoms with Crippen LogP contribution in [0.15, 0.2) is 30.3 Å². The van der Waals surface area contributed by atoms with Gasteiger partial charge in [0, 0.05) is 0 Å². The van der Waals surface area contributed by atoms with Gasteiger partial charge in [0.1, 0.15) is 6.61 Å². The van der Waals surface area contributed by atoms with Crippen LogP contribution < -0.4 is 20.9 Å². The molecule has 0 bridgehead atoms. The SMILES string of the molecule is CC(C)COc1nc(N)nc(OCc2ccccc2)c1N.